The molecule has 1 N–H and O–H groups in total. The fraction of sp³-hybridized carbons (Fsp3) is 0.982. The first-order chi connectivity index (χ1) is 55.5. The van der Waals surface area contributed by atoms with Crippen molar-refractivity contribution >= 4 is 0 Å². The number of unbranched alkanes of at least 4 members (excludes halogenated alkanes) is 26. The van der Waals surface area contributed by atoms with Crippen molar-refractivity contribution in [2.45, 2.75) is 629 Å². The summed E-state index contributed by atoms with van der Waals surface area (Å²) in [5, 5.41) is 12.6. The Hall–Kier alpha value is -0.420. The summed E-state index contributed by atoms with van der Waals surface area (Å²) in [5.41, 5.74) is -1.99. The van der Waals surface area contributed by atoms with Crippen LogP contribution in [-0.2, 0) is 14.2 Å². The monoisotopic (exact) mass is 1630 g/mol. The lowest BCUT2D eigenvalue weighted by molar-refractivity contribution is -0.278. The van der Waals surface area contributed by atoms with Crippen LogP contribution in [0.25, 0.3) is 0 Å². The van der Waals surface area contributed by atoms with Crippen molar-refractivity contribution in [2.75, 3.05) is 0 Å². The second-order valence-corrected chi connectivity index (χ2v) is 45.1. The van der Waals surface area contributed by atoms with Gasteiger partial charge in [-0.2, -0.15) is 0 Å². The van der Waals surface area contributed by atoms with Crippen LogP contribution in [-0.4, -0.2) is 45.8 Å². The molecule has 0 aromatic heterocycles. The Morgan fingerprint density at radius 1 is 0.302 bits per heavy atom. The Balaban J connectivity index is 2.30. The highest BCUT2D eigenvalue weighted by Gasteiger charge is 2.53. The van der Waals surface area contributed by atoms with E-state index in [4.69, 9.17) is 14.2 Å². The van der Waals surface area contributed by atoms with E-state index in [-0.39, 0.29) is 23.9 Å². The number of rotatable bonds is 83. The smallest absolute Gasteiger partial charge is 0.0923 e. The Labute approximate surface area is 733 Å². The van der Waals surface area contributed by atoms with E-state index in [1.807, 2.05) is 0 Å². The largest absolute Gasteiger partial charge is 0.387 e. The summed E-state index contributed by atoms with van der Waals surface area (Å²) in [7, 11) is 0. The van der Waals surface area contributed by atoms with Crippen LogP contribution in [0.4, 0.5) is 0 Å². The van der Waals surface area contributed by atoms with E-state index in [9.17, 15) is 5.11 Å². The molecule has 2 aliphatic heterocycles. The maximum absolute atomic E-state index is 12.6. The zero-order chi connectivity index (χ0) is 85.6. The van der Waals surface area contributed by atoms with E-state index in [1.54, 1.807) is 0 Å². The van der Waals surface area contributed by atoms with Gasteiger partial charge in [-0.15, -0.1) is 0 Å². The molecule has 0 bridgehead atoms. The van der Waals surface area contributed by atoms with Crippen molar-refractivity contribution in [3.63, 3.8) is 0 Å². The van der Waals surface area contributed by atoms with E-state index in [0.29, 0.717) is 23.7 Å². The van der Waals surface area contributed by atoms with Gasteiger partial charge in [0.15, 0.2) is 0 Å². The standard InChI is InChI=1S/C112H220O4/c1-22-23-24-25-26-27-28-29-30-31-32-33-34-35-36-37-38-39-40-41-42-43-44-45-46-47-48-49-50-51-84-105-85-86-108(115-110(105,19)90-61-81-102(15)77-57-73-98(11)69-53-65-94(4)5)112(21,92-63-83-104(17)79-59-75-100(13)71-55-67-96(8)9)116-111(20,91-62-82-103(16)78-58-74-99(12)70-54-66-95(6)7)107-88-87-106(114-107)109(18,113)89-60-80-101(14)76-56-72-97(10)68-52-64-93(2)3/h29-30,93-108,113H,22-28,31-92H2,1-21H3/b30-29+/t97?,98?,99?,100?,101?,102?,103?,104?,105-,106-,107-,108+,109?,110+,111?,112-/m1/s1. The van der Waals surface area contributed by atoms with Crippen LogP contribution in [0.5, 0.6) is 0 Å². The highest BCUT2D eigenvalue weighted by molar-refractivity contribution is 5.02. The molecule has 692 valence electrons. The quantitative estimate of drug-likeness (QED) is 0.0487. The van der Waals surface area contributed by atoms with Crippen molar-refractivity contribution in [3.05, 3.63) is 12.2 Å². The molecule has 2 saturated heterocycles. The molecular weight excluding hydrogens is 1410 g/mol. The topological polar surface area (TPSA) is 47.9 Å². The van der Waals surface area contributed by atoms with Crippen molar-refractivity contribution in [1.29, 1.82) is 0 Å². The van der Waals surface area contributed by atoms with Crippen molar-refractivity contribution in [1.82, 2.24) is 0 Å². The zero-order valence-electron chi connectivity index (χ0n) is 83.9. The number of ether oxygens (including phenoxy) is 3. The van der Waals surface area contributed by atoms with Crippen LogP contribution in [0.2, 0.25) is 0 Å². The normalized spacial score (nSPS) is 21.4. The molecule has 2 rings (SSSR count). The first-order valence-electron chi connectivity index (χ1n) is 53.9. The van der Waals surface area contributed by atoms with Crippen LogP contribution in [0.1, 0.15) is 588 Å². The van der Waals surface area contributed by atoms with Gasteiger partial charge < -0.3 is 19.3 Å². The highest BCUT2D eigenvalue weighted by atomic mass is 16.6. The molecule has 0 aromatic carbocycles. The Morgan fingerprint density at radius 2 is 0.560 bits per heavy atom. The van der Waals surface area contributed by atoms with Crippen LogP contribution < -0.4 is 0 Å². The van der Waals surface area contributed by atoms with Crippen LogP contribution >= 0.6 is 0 Å². The van der Waals surface area contributed by atoms with Gasteiger partial charge in [-0.05, 0) is 188 Å². The second-order valence-electron chi connectivity index (χ2n) is 45.1. The molecule has 0 amide bonds. The molecule has 2 aliphatic rings. The first-order valence-corrected chi connectivity index (χ1v) is 53.9. The van der Waals surface area contributed by atoms with Crippen LogP contribution in [0.3, 0.4) is 0 Å². The van der Waals surface area contributed by atoms with E-state index < -0.39 is 16.8 Å². The molecule has 0 spiro atoms. The van der Waals surface area contributed by atoms with Gasteiger partial charge in [0.1, 0.15) is 0 Å². The van der Waals surface area contributed by atoms with Crippen LogP contribution in [0, 0.1) is 76.9 Å². The summed E-state index contributed by atoms with van der Waals surface area (Å²) < 4.78 is 24.0. The van der Waals surface area contributed by atoms with Gasteiger partial charge in [0.25, 0.3) is 0 Å². The minimum absolute atomic E-state index is 0.0357. The van der Waals surface area contributed by atoms with Gasteiger partial charge in [0, 0.05) is 0 Å². The summed E-state index contributed by atoms with van der Waals surface area (Å²) in [6.45, 7) is 51.3. The van der Waals surface area contributed by atoms with Gasteiger partial charge in [-0.1, -0.05) is 489 Å². The van der Waals surface area contributed by atoms with E-state index in [1.165, 1.54) is 385 Å². The Kier molecular flexibility index (Phi) is 67.1. The third-order valence-electron chi connectivity index (χ3n) is 30.1. The van der Waals surface area contributed by atoms with E-state index in [0.717, 1.165) is 111 Å². The number of hydrogen-bond acceptors (Lipinski definition) is 4. The average Bonchev–Trinajstić information content (AvgIpc) is 1.24. The molecule has 0 saturated carbocycles. The highest BCUT2D eigenvalue weighted by Crippen LogP contribution is 2.49. The minimum atomic E-state index is -0.860. The lowest BCUT2D eigenvalue weighted by Gasteiger charge is -2.53. The molecule has 116 heavy (non-hydrogen) atoms. The summed E-state index contributed by atoms with van der Waals surface area (Å²) in [6.07, 6.45) is 96.3. The molecule has 2 heterocycles. The third kappa shape index (κ3) is 58.7. The molecule has 2 fully saturated rings. The molecule has 4 nitrogen and oxygen atoms in total. The predicted octanol–water partition coefficient (Wildman–Crippen LogP) is 38.0. The fourth-order valence-electron chi connectivity index (χ4n) is 21.3. The van der Waals surface area contributed by atoms with Gasteiger partial charge >= 0.3 is 0 Å². The zero-order valence-corrected chi connectivity index (χ0v) is 83.9. The average molecular weight is 1630 g/mol. The maximum atomic E-state index is 12.6. The van der Waals surface area contributed by atoms with Gasteiger partial charge in [0.05, 0.1) is 40.7 Å². The maximum Gasteiger partial charge on any atom is 0.0923 e. The fourth-order valence-corrected chi connectivity index (χ4v) is 21.3. The first kappa shape index (κ1) is 112. The minimum Gasteiger partial charge on any atom is -0.387 e. The van der Waals surface area contributed by atoms with Crippen LogP contribution in [0.15, 0.2) is 12.2 Å². The molecular formula is C112H220O4. The summed E-state index contributed by atoms with van der Waals surface area (Å²) in [6, 6.07) is 0. The van der Waals surface area contributed by atoms with Gasteiger partial charge in [-0.3, -0.25) is 0 Å². The number of allylic oxidation sites excluding steroid dienone is 2. The Bertz CT molecular complexity index is 2160. The summed E-state index contributed by atoms with van der Waals surface area (Å²) in [4.78, 5) is 0. The summed E-state index contributed by atoms with van der Waals surface area (Å²) in [5.74, 6) is 10.0. The molecule has 16 atom stereocenters. The number of aliphatic hydroxyl groups is 1. The number of hydrogen-bond donors (Lipinski definition) is 1. The molecule has 0 radical (unpaired) electrons. The lowest BCUT2D eigenvalue weighted by Crippen LogP contribution is -2.58. The van der Waals surface area contributed by atoms with Gasteiger partial charge in [-0.25, -0.2) is 0 Å². The van der Waals surface area contributed by atoms with E-state index in [2.05, 4.69) is 158 Å². The lowest BCUT2D eigenvalue weighted by atomic mass is 9.72. The Morgan fingerprint density at radius 3 is 0.888 bits per heavy atom. The molecule has 10 unspecified atom stereocenters. The van der Waals surface area contributed by atoms with E-state index >= 15 is 0 Å². The van der Waals surface area contributed by atoms with Crippen molar-refractivity contribution in [3.8, 4) is 0 Å². The SMILES string of the molecule is CCCCCCCC/C=C/CCCCCCCCCCCCCCCCCCCCCC[C@@H]1CC[C@@H]([C@@](C)(CCCC(C)CCCC(C)CCCC(C)C)OC(C)(CCCC(C)CCCC(C)CCCC(C)C)[C@H]2CC[C@H](C(C)(O)CCCC(C)CCCC(C)CCCC(C)C)O2)O[C@@]1(C)CCCC(C)CCCC(C)CCCC(C)C. The van der Waals surface area contributed by atoms with Gasteiger partial charge in [0.2, 0.25) is 0 Å². The van der Waals surface area contributed by atoms with Crippen molar-refractivity contribution < 1.29 is 19.3 Å². The molecule has 0 aliphatic carbocycles. The molecule has 0 aromatic rings. The second kappa shape index (κ2) is 69.7. The van der Waals surface area contributed by atoms with Crippen molar-refractivity contribution in [2.24, 2.45) is 76.9 Å². The third-order valence-corrected chi connectivity index (χ3v) is 30.1. The molecule has 4 heteroatoms. The predicted molar refractivity (Wildman–Crippen MR) is 520 cm³/mol. The summed E-state index contributed by atoms with van der Waals surface area (Å²) >= 11 is 0.